The van der Waals surface area contributed by atoms with Crippen molar-refractivity contribution in [2.45, 2.75) is 38.3 Å². The highest BCUT2D eigenvalue weighted by Gasteiger charge is 2.33. The second-order valence-electron chi connectivity index (χ2n) is 8.88. The Morgan fingerprint density at radius 2 is 1.85 bits per heavy atom. The Kier molecular flexibility index (Phi) is 9.74. The average Bonchev–Trinajstić information content (AvgIpc) is 2.82. The number of carbonyl (C=O) groups is 2. The molecule has 34 heavy (non-hydrogen) atoms. The predicted octanol–water partition coefficient (Wildman–Crippen LogP) is 3.06. The SMILES string of the molecule is CC(C)(Oc1cccc(Cl)c1)C(=O)N[C@@H](Cc1ccccc1)C(=O)NCCCN1CCOCC1. The number of rotatable bonds is 11. The highest BCUT2D eigenvalue weighted by molar-refractivity contribution is 6.30. The lowest BCUT2D eigenvalue weighted by atomic mass is 10.0. The molecule has 2 aromatic carbocycles. The zero-order valence-corrected chi connectivity index (χ0v) is 20.6. The van der Waals surface area contributed by atoms with Crippen molar-refractivity contribution in [1.82, 2.24) is 15.5 Å². The van der Waals surface area contributed by atoms with Gasteiger partial charge >= 0.3 is 0 Å². The predicted molar refractivity (Wildman–Crippen MR) is 133 cm³/mol. The molecule has 0 aliphatic carbocycles. The Morgan fingerprint density at radius 3 is 2.56 bits per heavy atom. The maximum absolute atomic E-state index is 13.1. The van der Waals surface area contributed by atoms with E-state index in [4.69, 9.17) is 21.1 Å². The van der Waals surface area contributed by atoms with Gasteiger partial charge in [0.1, 0.15) is 11.8 Å². The van der Waals surface area contributed by atoms with E-state index in [1.165, 1.54) is 0 Å². The summed E-state index contributed by atoms with van der Waals surface area (Å²) in [6.45, 7) is 8.13. The molecule has 0 aromatic heterocycles. The van der Waals surface area contributed by atoms with Crippen LogP contribution in [-0.4, -0.2) is 67.7 Å². The van der Waals surface area contributed by atoms with E-state index in [-0.39, 0.29) is 11.8 Å². The number of morpholine rings is 1. The molecule has 1 aliphatic heterocycles. The molecule has 184 valence electrons. The number of hydrogen-bond donors (Lipinski definition) is 2. The Hall–Kier alpha value is -2.61. The largest absolute Gasteiger partial charge is 0.478 e. The lowest BCUT2D eigenvalue weighted by Gasteiger charge is -2.28. The lowest BCUT2D eigenvalue weighted by Crippen LogP contribution is -2.55. The third-order valence-corrected chi connectivity index (χ3v) is 5.91. The molecule has 1 aliphatic rings. The van der Waals surface area contributed by atoms with Gasteiger partial charge in [0, 0.05) is 31.1 Å². The van der Waals surface area contributed by atoms with Crippen LogP contribution in [0.1, 0.15) is 25.8 Å². The number of nitrogens with one attached hydrogen (secondary N) is 2. The monoisotopic (exact) mass is 487 g/mol. The summed E-state index contributed by atoms with van der Waals surface area (Å²) in [7, 11) is 0. The first-order valence-electron chi connectivity index (χ1n) is 11.7. The third-order valence-electron chi connectivity index (χ3n) is 5.67. The van der Waals surface area contributed by atoms with Crippen molar-refractivity contribution in [2.75, 3.05) is 39.4 Å². The van der Waals surface area contributed by atoms with E-state index >= 15 is 0 Å². The minimum absolute atomic E-state index is 0.210. The number of benzene rings is 2. The maximum Gasteiger partial charge on any atom is 0.264 e. The number of carbonyl (C=O) groups excluding carboxylic acids is 2. The van der Waals surface area contributed by atoms with E-state index in [0.717, 1.165) is 44.8 Å². The fourth-order valence-corrected chi connectivity index (χ4v) is 3.91. The molecule has 1 heterocycles. The van der Waals surface area contributed by atoms with Crippen molar-refractivity contribution >= 4 is 23.4 Å². The van der Waals surface area contributed by atoms with Gasteiger partial charge in [0.05, 0.1) is 13.2 Å². The molecule has 0 bridgehead atoms. The van der Waals surface area contributed by atoms with Crippen LogP contribution in [-0.2, 0) is 20.7 Å². The highest BCUT2D eigenvalue weighted by atomic mass is 35.5. The molecular formula is C26H34ClN3O4. The number of halogens is 1. The highest BCUT2D eigenvalue weighted by Crippen LogP contribution is 2.22. The number of ether oxygens (including phenoxy) is 2. The van der Waals surface area contributed by atoms with E-state index in [1.807, 2.05) is 30.3 Å². The molecule has 0 radical (unpaired) electrons. The molecule has 3 rings (SSSR count). The second-order valence-corrected chi connectivity index (χ2v) is 9.32. The summed E-state index contributed by atoms with van der Waals surface area (Å²) in [5.74, 6) is -0.102. The van der Waals surface area contributed by atoms with Crippen molar-refractivity contribution in [1.29, 1.82) is 0 Å². The first-order chi connectivity index (χ1) is 16.3. The quantitative estimate of drug-likeness (QED) is 0.476. The van der Waals surface area contributed by atoms with Crippen LogP contribution in [0, 0.1) is 0 Å². The van der Waals surface area contributed by atoms with Crippen LogP contribution in [0.3, 0.4) is 0 Å². The Morgan fingerprint density at radius 1 is 1.12 bits per heavy atom. The van der Waals surface area contributed by atoms with Gasteiger partial charge < -0.3 is 20.1 Å². The smallest absolute Gasteiger partial charge is 0.264 e. The standard InChI is InChI=1S/C26H34ClN3O4/c1-26(2,34-22-11-6-10-21(27)19-22)25(32)29-23(18-20-8-4-3-5-9-20)24(31)28-12-7-13-30-14-16-33-17-15-30/h3-6,8-11,19,23H,7,12-18H2,1-2H3,(H,28,31)(H,29,32)/t23-/m0/s1. The van der Waals surface area contributed by atoms with E-state index in [2.05, 4.69) is 15.5 Å². The molecule has 2 N–H and O–H groups in total. The molecule has 7 nitrogen and oxygen atoms in total. The van der Waals surface area contributed by atoms with E-state index in [0.29, 0.717) is 23.7 Å². The summed E-state index contributed by atoms with van der Waals surface area (Å²) in [5, 5.41) is 6.40. The van der Waals surface area contributed by atoms with E-state index in [9.17, 15) is 9.59 Å². The van der Waals surface area contributed by atoms with Gasteiger partial charge in [-0.2, -0.15) is 0 Å². The number of amides is 2. The second kappa shape index (κ2) is 12.7. The van der Waals surface area contributed by atoms with Crippen molar-refractivity contribution in [3.8, 4) is 5.75 Å². The Bertz CT molecular complexity index is 933. The van der Waals surface area contributed by atoms with Crippen LogP contribution in [0.2, 0.25) is 5.02 Å². The molecule has 0 unspecified atom stereocenters. The number of nitrogens with zero attached hydrogens (tertiary/aromatic N) is 1. The summed E-state index contributed by atoms with van der Waals surface area (Å²) in [4.78, 5) is 28.5. The fourth-order valence-electron chi connectivity index (χ4n) is 3.72. The van der Waals surface area contributed by atoms with Crippen LogP contribution in [0.5, 0.6) is 5.75 Å². The van der Waals surface area contributed by atoms with Crippen LogP contribution >= 0.6 is 11.6 Å². The first kappa shape index (κ1) is 26.0. The van der Waals surface area contributed by atoms with E-state index in [1.54, 1.807) is 38.1 Å². The molecule has 1 fully saturated rings. The van der Waals surface area contributed by atoms with Gasteiger partial charge in [0.2, 0.25) is 5.91 Å². The van der Waals surface area contributed by atoms with E-state index < -0.39 is 11.6 Å². The fraction of sp³-hybridized carbons (Fsp3) is 0.462. The van der Waals surface area contributed by atoms with Crippen LogP contribution < -0.4 is 15.4 Å². The molecule has 2 amide bonds. The summed E-state index contributed by atoms with van der Waals surface area (Å²) in [6, 6.07) is 15.8. The zero-order valence-electron chi connectivity index (χ0n) is 19.9. The minimum Gasteiger partial charge on any atom is -0.478 e. The van der Waals surface area contributed by atoms with Crippen LogP contribution in [0.15, 0.2) is 54.6 Å². The van der Waals surface area contributed by atoms with Gasteiger partial charge in [-0.25, -0.2) is 0 Å². The van der Waals surface area contributed by atoms with Crippen LogP contribution in [0.25, 0.3) is 0 Å². The molecule has 8 heteroatoms. The molecule has 0 saturated carbocycles. The summed E-state index contributed by atoms with van der Waals surface area (Å²) in [6.07, 6.45) is 1.22. The molecule has 2 aromatic rings. The van der Waals surface area contributed by atoms with Crippen molar-refractivity contribution in [3.05, 3.63) is 65.2 Å². The van der Waals surface area contributed by atoms with Gasteiger partial charge in [-0.3, -0.25) is 14.5 Å². The molecule has 1 saturated heterocycles. The first-order valence-corrected chi connectivity index (χ1v) is 12.1. The maximum atomic E-state index is 13.1. The minimum atomic E-state index is -1.20. The van der Waals surface area contributed by atoms with Gasteiger partial charge in [-0.15, -0.1) is 0 Å². The van der Waals surface area contributed by atoms with Crippen molar-refractivity contribution in [3.63, 3.8) is 0 Å². The lowest BCUT2D eigenvalue weighted by molar-refractivity contribution is -0.137. The normalized spacial score (nSPS) is 15.4. The van der Waals surface area contributed by atoms with Crippen molar-refractivity contribution < 1.29 is 19.1 Å². The van der Waals surface area contributed by atoms with Gasteiger partial charge in [-0.05, 0) is 50.6 Å². The summed E-state index contributed by atoms with van der Waals surface area (Å²) < 4.78 is 11.3. The Labute approximate surface area is 206 Å². The molecular weight excluding hydrogens is 454 g/mol. The number of hydrogen-bond acceptors (Lipinski definition) is 5. The topological polar surface area (TPSA) is 79.9 Å². The summed E-state index contributed by atoms with van der Waals surface area (Å²) in [5.41, 5.74) is -0.235. The van der Waals surface area contributed by atoms with Gasteiger partial charge in [0.25, 0.3) is 5.91 Å². The van der Waals surface area contributed by atoms with Gasteiger partial charge in [-0.1, -0.05) is 48.0 Å². The third kappa shape index (κ3) is 8.31. The summed E-state index contributed by atoms with van der Waals surface area (Å²) >= 11 is 6.04. The van der Waals surface area contributed by atoms with Gasteiger partial charge in [0.15, 0.2) is 5.60 Å². The molecule has 1 atom stereocenters. The molecule has 0 spiro atoms. The van der Waals surface area contributed by atoms with Crippen LogP contribution in [0.4, 0.5) is 0 Å². The average molecular weight is 488 g/mol. The van der Waals surface area contributed by atoms with Crippen molar-refractivity contribution in [2.24, 2.45) is 0 Å². The Balaban J connectivity index is 1.59. The zero-order chi connectivity index (χ0) is 24.4.